The van der Waals surface area contributed by atoms with Crippen molar-refractivity contribution in [3.05, 3.63) is 29.8 Å². The molecule has 0 aromatic heterocycles. The molecule has 0 radical (unpaired) electrons. The van der Waals surface area contributed by atoms with Gasteiger partial charge in [-0.1, -0.05) is 25.0 Å². The van der Waals surface area contributed by atoms with Crippen molar-refractivity contribution in [1.29, 1.82) is 0 Å². The van der Waals surface area contributed by atoms with Crippen LogP contribution in [0.1, 0.15) is 43.7 Å². The number of methoxy groups -OCH3 is 1. The van der Waals surface area contributed by atoms with Crippen LogP contribution < -0.4 is 9.46 Å². The number of nitrogens with zero attached hydrogens (tertiary/aromatic N) is 1. The molecule has 0 unspecified atom stereocenters. The Hall–Kier alpha value is -1.11. The summed E-state index contributed by atoms with van der Waals surface area (Å²) in [5, 5.41) is 0. The topological polar surface area (TPSA) is 58.6 Å². The maximum Gasteiger partial charge on any atom is 0.208 e. The zero-order chi connectivity index (χ0) is 16.7. The molecule has 0 saturated carbocycles. The highest BCUT2D eigenvalue weighted by Gasteiger charge is 2.22. The van der Waals surface area contributed by atoms with Gasteiger partial charge in [-0.05, 0) is 50.0 Å². The van der Waals surface area contributed by atoms with E-state index in [1.165, 1.54) is 31.1 Å². The number of ether oxygens (including phenoxy) is 1. The Morgan fingerprint density at radius 1 is 1.22 bits per heavy atom. The van der Waals surface area contributed by atoms with Gasteiger partial charge < -0.3 is 4.74 Å². The molecule has 6 heteroatoms. The fourth-order valence-electron chi connectivity index (χ4n) is 3.18. The third kappa shape index (κ3) is 6.12. The van der Waals surface area contributed by atoms with Crippen LogP contribution in [0.15, 0.2) is 24.3 Å². The quantitative estimate of drug-likeness (QED) is 0.775. The van der Waals surface area contributed by atoms with Crippen LogP contribution in [0.25, 0.3) is 0 Å². The second kappa shape index (κ2) is 8.66. The fraction of sp³-hybridized carbons (Fsp3) is 0.647. The summed E-state index contributed by atoms with van der Waals surface area (Å²) < 4.78 is 30.1. The lowest BCUT2D eigenvalue weighted by atomic mass is 10.0. The van der Waals surface area contributed by atoms with E-state index in [-0.39, 0.29) is 0 Å². The molecule has 1 N–H and O–H groups in total. The van der Waals surface area contributed by atoms with Crippen LogP contribution in [0.5, 0.6) is 5.75 Å². The van der Waals surface area contributed by atoms with Gasteiger partial charge in [0.2, 0.25) is 10.0 Å². The van der Waals surface area contributed by atoms with E-state index >= 15 is 0 Å². The van der Waals surface area contributed by atoms with Gasteiger partial charge in [0.15, 0.2) is 0 Å². The minimum Gasteiger partial charge on any atom is -0.497 e. The molecular formula is C17H28N2O3S. The van der Waals surface area contributed by atoms with Crippen molar-refractivity contribution in [2.45, 2.75) is 38.1 Å². The second-order valence-corrected chi connectivity index (χ2v) is 8.03. The average Bonchev–Trinajstić information content (AvgIpc) is 2.76. The van der Waals surface area contributed by atoms with E-state index in [1.54, 1.807) is 7.11 Å². The lowest BCUT2D eigenvalue weighted by Gasteiger charge is -2.30. The lowest BCUT2D eigenvalue weighted by molar-refractivity contribution is 0.199. The standard InChI is InChI=1S/C17H28N2O3S/c1-22-16-10-8-15(9-11-16)17-7-4-3-5-13-19(17)14-6-12-18-23(2,20)21/h8-11,17-18H,3-7,12-14H2,1-2H3/t17-/m1/s1. The van der Waals surface area contributed by atoms with E-state index in [1.807, 2.05) is 12.1 Å². The zero-order valence-electron chi connectivity index (χ0n) is 14.1. The summed E-state index contributed by atoms with van der Waals surface area (Å²) in [6.45, 7) is 2.50. The minimum atomic E-state index is -3.09. The molecule has 0 spiro atoms. The SMILES string of the molecule is COc1ccc([C@H]2CCCCCN2CCCNS(C)(=O)=O)cc1. The Labute approximate surface area is 140 Å². The van der Waals surface area contributed by atoms with Crippen LogP contribution in [-0.4, -0.2) is 46.3 Å². The molecule has 0 amide bonds. The first-order valence-corrected chi connectivity index (χ1v) is 10.2. The molecule has 1 atom stereocenters. The van der Waals surface area contributed by atoms with Crippen molar-refractivity contribution in [1.82, 2.24) is 9.62 Å². The van der Waals surface area contributed by atoms with E-state index in [0.717, 1.165) is 31.7 Å². The molecular weight excluding hydrogens is 312 g/mol. The highest BCUT2D eigenvalue weighted by atomic mass is 32.2. The number of rotatable bonds is 7. The molecule has 1 aliphatic heterocycles. The van der Waals surface area contributed by atoms with Gasteiger partial charge in [0, 0.05) is 12.6 Å². The van der Waals surface area contributed by atoms with E-state index in [4.69, 9.17) is 4.74 Å². The number of hydrogen-bond acceptors (Lipinski definition) is 4. The molecule has 5 nitrogen and oxygen atoms in total. The maximum absolute atomic E-state index is 11.1. The van der Waals surface area contributed by atoms with Gasteiger partial charge in [0.1, 0.15) is 5.75 Å². The molecule has 1 aromatic carbocycles. The fourth-order valence-corrected chi connectivity index (χ4v) is 3.69. The van der Waals surface area contributed by atoms with Crippen LogP contribution in [0.4, 0.5) is 0 Å². The van der Waals surface area contributed by atoms with E-state index < -0.39 is 10.0 Å². The minimum absolute atomic E-state index is 0.418. The average molecular weight is 340 g/mol. The number of hydrogen-bond donors (Lipinski definition) is 1. The highest BCUT2D eigenvalue weighted by molar-refractivity contribution is 7.88. The summed E-state index contributed by atoms with van der Waals surface area (Å²) in [5.74, 6) is 0.881. The van der Waals surface area contributed by atoms with Gasteiger partial charge >= 0.3 is 0 Å². The first-order valence-electron chi connectivity index (χ1n) is 8.32. The van der Waals surface area contributed by atoms with Gasteiger partial charge in [-0.3, -0.25) is 4.90 Å². The molecule has 2 rings (SSSR count). The van der Waals surface area contributed by atoms with Crippen molar-refractivity contribution in [2.75, 3.05) is 33.0 Å². The summed E-state index contributed by atoms with van der Waals surface area (Å²) in [6, 6.07) is 8.75. The largest absolute Gasteiger partial charge is 0.497 e. The summed E-state index contributed by atoms with van der Waals surface area (Å²) in [4.78, 5) is 2.50. The molecule has 0 bridgehead atoms. The predicted molar refractivity (Wildman–Crippen MR) is 93.2 cm³/mol. The van der Waals surface area contributed by atoms with Gasteiger partial charge in [0.25, 0.3) is 0 Å². The molecule has 130 valence electrons. The van der Waals surface area contributed by atoms with Crippen molar-refractivity contribution >= 4 is 10.0 Å². The van der Waals surface area contributed by atoms with E-state index in [9.17, 15) is 8.42 Å². The van der Waals surface area contributed by atoms with Gasteiger partial charge in [-0.15, -0.1) is 0 Å². The van der Waals surface area contributed by atoms with Crippen molar-refractivity contribution in [2.24, 2.45) is 0 Å². The van der Waals surface area contributed by atoms with Crippen LogP contribution in [0, 0.1) is 0 Å². The molecule has 0 aliphatic carbocycles. The molecule has 1 heterocycles. The van der Waals surface area contributed by atoms with Crippen LogP contribution in [-0.2, 0) is 10.0 Å². The number of likely N-dealkylation sites (tertiary alicyclic amines) is 1. The van der Waals surface area contributed by atoms with Gasteiger partial charge in [-0.25, -0.2) is 13.1 Å². The first-order chi connectivity index (χ1) is 11.0. The second-order valence-electron chi connectivity index (χ2n) is 6.19. The molecule has 1 aromatic rings. The maximum atomic E-state index is 11.1. The third-order valence-electron chi connectivity index (χ3n) is 4.35. The van der Waals surface area contributed by atoms with Crippen LogP contribution >= 0.6 is 0 Å². The monoisotopic (exact) mass is 340 g/mol. The summed E-state index contributed by atoms with van der Waals surface area (Å²) in [7, 11) is -1.41. The molecule has 1 saturated heterocycles. The van der Waals surface area contributed by atoms with Crippen LogP contribution in [0.3, 0.4) is 0 Å². The Morgan fingerprint density at radius 3 is 2.61 bits per heavy atom. The highest BCUT2D eigenvalue weighted by Crippen LogP contribution is 2.31. The summed E-state index contributed by atoms with van der Waals surface area (Å²) in [5.41, 5.74) is 1.32. The number of sulfonamides is 1. The lowest BCUT2D eigenvalue weighted by Crippen LogP contribution is -2.32. The predicted octanol–water partition coefficient (Wildman–Crippen LogP) is 2.55. The summed E-state index contributed by atoms with van der Waals surface area (Å²) in [6.07, 6.45) is 6.93. The van der Waals surface area contributed by atoms with E-state index in [2.05, 4.69) is 21.8 Å². The molecule has 1 aliphatic rings. The van der Waals surface area contributed by atoms with Crippen molar-refractivity contribution in [3.63, 3.8) is 0 Å². The first kappa shape index (κ1) is 18.2. The Balaban J connectivity index is 1.98. The Morgan fingerprint density at radius 2 is 1.96 bits per heavy atom. The smallest absolute Gasteiger partial charge is 0.208 e. The third-order valence-corrected chi connectivity index (χ3v) is 5.08. The van der Waals surface area contributed by atoms with Crippen molar-refractivity contribution in [3.8, 4) is 5.75 Å². The van der Waals surface area contributed by atoms with Crippen LogP contribution in [0.2, 0.25) is 0 Å². The van der Waals surface area contributed by atoms with Crippen molar-refractivity contribution < 1.29 is 13.2 Å². The van der Waals surface area contributed by atoms with Gasteiger partial charge in [-0.2, -0.15) is 0 Å². The molecule has 1 fully saturated rings. The van der Waals surface area contributed by atoms with Gasteiger partial charge in [0.05, 0.1) is 13.4 Å². The Bertz CT molecular complexity index is 572. The number of benzene rings is 1. The normalized spacial score (nSPS) is 20.2. The summed E-state index contributed by atoms with van der Waals surface area (Å²) >= 11 is 0. The Kier molecular flexibility index (Phi) is 6.87. The molecule has 23 heavy (non-hydrogen) atoms. The zero-order valence-corrected chi connectivity index (χ0v) is 14.9. The van der Waals surface area contributed by atoms with E-state index in [0.29, 0.717) is 12.6 Å². The number of nitrogens with one attached hydrogen (secondary N) is 1.